The van der Waals surface area contributed by atoms with Crippen molar-refractivity contribution in [2.75, 3.05) is 24.7 Å². The number of amides is 1. The van der Waals surface area contributed by atoms with Crippen molar-refractivity contribution in [2.45, 2.75) is 18.0 Å². The lowest BCUT2D eigenvalue weighted by Gasteiger charge is -2.17. The number of hydrogen-bond acceptors (Lipinski definition) is 5. The largest absolute Gasteiger partial charge is 0.354 e. The molecule has 4 aromatic carbocycles. The number of sulfonamides is 1. The fourth-order valence-corrected chi connectivity index (χ4v) is 5.61. The lowest BCUT2D eigenvalue weighted by atomic mass is 9.98. The van der Waals surface area contributed by atoms with E-state index >= 15 is 0 Å². The summed E-state index contributed by atoms with van der Waals surface area (Å²) in [7, 11) is 0.299. The van der Waals surface area contributed by atoms with Gasteiger partial charge in [-0.3, -0.25) is 4.79 Å². The minimum atomic E-state index is -3.70. The molecule has 1 heterocycles. The first-order valence-electron chi connectivity index (χ1n) is 12.7. The molecule has 0 saturated heterocycles. The van der Waals surface area contributed by atoms with E-state index in [0.29, 0.717) is 33.6 Å². The topological polar surface area (TPSA) is 90.5 Å². The molecule has 40 heavy (non-hydrogen) atoms. The molecule has 0 unspecified atom stereocenters. The fourth-order valence-electron chi connectivity index (χ4n) is 4.57. The Labute approximate surface area is 233 Å². The lowest BCUT2D eigenvalue weighted by Crippen LogP contribution is -2.23. The number of carbonyl (C=O) groups excluding carboxylic acids is 1. The highest BCUT2D eigenvalue weighted by atomic mass is 32.2. The monoisotopic (exact) mass is 556 g/mol. The van der Waals surface area contributed by atoms with Gasteiger partial charge in [0, 0.05) is 24.3 Å². The number of anilines is 2. The van der Waals surface area contributed by atoms with E-state index < -0.39 is 15.8 Å². The fraction of sp³-hybridized carbons (Fsp3) is 0.129. The van der Waals surface area contributed by atoms with Gasteiger partial charge in [-0.15, -0.1) is 0 Å². The Hall–Kier alpha value is -4.31. The van der Waals surface area contributed by atoms with E-state index in [-0.39, 0.29) is 17.3 Å². The molecule has 7 nitrogen and oxygen atoms in total. The Morgan fingerprint density at radius 3 is 2.35 bits per heavy atom. The van der Waals surface area contributed by atoms with Crippen molar-refractivity contribution in [1.82, 2.24) is 9.62 Å². The highest BCUT2D eigenvalue weighted by molar-refractivity contribution is 7.89. The molecule has 9 heteroatoms. The smallest absolute Gasteiger partial charge is 0.258 e. The summed E-state index contributed by atoms with van der Waals surface area (Å²) in [4.78, 5) is 15.4. The van der Waals surface area contributed by atoms with E-state index in [9.17, 15) is 17.6 Å². The maximum absolute atomic E-state index is 13.9. The molecule has 0 aliphatic carbocycles. The van der Waals surface area contributed by atoms with Gasteiger partial charge in [0.1, 0.15) is 5.82 Å². The van der Waals surface area contributed by atoms with Crippen molar-refractivity contribution in [1.29, 1.82) is 0 Å². The van der Waals surface area contributed by atoms with Gasteiger partial charge < -0.3 is 15.5 Å². The Balaban J connectivity index is 1.52. The molecule has 0 radical (unpaired) electrons. The molecule has 0 fully saturated rings. The average molecular weight is 557 g/mol. The Kier molecular flexibility index (Phi) is 7.79. The average Bonchev–Trinajstić information content (AvgIpc) is 3.26. The summed E-state index contributed by atoms with van der Waals surface area (Å²) in [6.07, 6.45) is 0. The number of fused-ring (bicyclic) bond motifs is 1. The third-order valence-corrected chi connectivity index (χ3v) is 7.85. The summed E-state index contributed by atoms with van der Waals surface area (Å²) < 4.78 is 42.1. The van der Waals surface area contributed by atoms with Gasteiger partial charge in [0.25, 0.3) is 5.91 Å². The molecular formula is C31H29FN4O3S. The van der Waals surface area contributed by atoms with Crippen molar-refractivity contribution in [2.24, 2.45) is 0 Å². The van der Waals surface area contributed by atoms with Crippen LogP contribution in [0, 0.1) is 5.82 Å². The lowest BCUT2D eigenvalue weighted by molar-refractivity contribution is -0.110. The third-order valence-electron chi connectivity index (χ3n) is 6.43. The van der Waals surface area contributed by atoms with Crippen LogP contribution in [0.4, 0.5) is 15.8 Å². The first kappa shape index (κ1) is 27.3. The molecule has 0 spiro atoms. The molecule has 0 aromatic heterocycles. The van der Waals surface area contributed by atoms with Gasteiger partial charge in [-0.2, -0.15) is 0 Å². The van der Waals surface area contributed by atoms with Crippen molar-refractivity contribution in [3.63, 3.8) is 0 Å². The van der Waals surface area contributed by atoms with Crippen LogP contribution in [-0.4, -0.2) is 33.3 Å². The van der Waals surface area contributed by atoms with Gasteiger partial charge in [-0.25, -0.2) is 17.5 Å². The van der Waals surface area contributed by atoms with Gasteiger partial charge in [-0.05, 0) is 79.3 Å². The molecule has 5 rings (SSSR count). The van der Waals surface area contributed by atoms with Crippen molar-refractivity contribution >= 4 is 38.6 Å². The van der Waals surface area contributed by atoms with Crippen LogP contribution in [0.1, 0.15) is 22.3 Å². The zero-order valence-corrected chi connectivity index (χ0v) is 22.9. The molecule has 204 valence electrons. The molecule has 4 aromatic rings. The number of rotatable bonds is 9. The quantitative estimate of drug-likeness (QED) is 0.244. The second-order valence-electron chi connectivity index (χ2n) is 9.79. The predicted octanol–water partition coefficient (Wildman–Crippen LogP) is 5.30. The van der Waals surface area contributed by atoms with E-state index in [1.54, 1.807) is 24.3 Å². The van der Waals surface area contributed by atoms with Crippen LogP contribution in [0.3, 0.4) is 0 Å². The van der Waals surface area contributed by atoms with Crippen LogP contribution in [0.15, 0.2) is 102 Å². The number of nitrogens with zero attached hydrogens (tertiary/aromatic N) is 1. The highest BCUT2D eigenvalue weighted by Crippen LogP contribution is 2.38. The van der Waals surface area contributed by atoms with Crippen LogP contribution in [-0.2, 0) is 27.9 Å². The molecule has 1 aliphatic rings. The number of benzene rings is 4. The first-order chi connectivity index (χ1) is 19.2. The first-order valence-corrected chi connectivity index (χ1v) is 14.2. The third kappa shape index (κ3) is 6.12. The van der Waals surface area contributed by atoms with Crippen molar-refractivity contribution in [3.05, 3.63) is 125 Å². The van der Waals surface area contributed by atoms with E-state index in [2.05, 4.69) is 20.3 Å². The van der Waals surface area contributed by atoms with Crippen LogP contribution < -0.4 is 15.4 Å². The van der Waals surface area contributed by atoms with Gasteiger partial charge in [-0.1, -0.05) is 48.5 Å². The molecule has 0 bridgehead atoms. The van der Waals surface area contributed by atoms with Crippen LogP contribution >= 0.6 is 0 Å². The summed E-state index contributed by atoms with van der Waals surface area (Å²) in [6.45, 7) is 0.845. The number of nitrogens with one attached hydrogen (secondary N) is 3. The predicted molar refractivity (Wildman–Crippen MR) is 156 cm³/mol. The minimum Gasteiger partial charge on any atom is -0.354 e. The van der Waals surface area contributed by atoms with E-state index in [1.807, 2.05) is 62.6 Å². The maximum Gasteiger partial charge on any atom is 0.258 e. The van der Waals surface area contributed by atoms with Gasteiger partial charge >= 0.3 is 0 Å². The molecule has 1 amide bonds. The molecule has 0 atom stereocenters. The Bertz CT molecular complexity index is 1690. The second-order valence-corrected chi connectivity index (χ2v) is 11.6. The van der Waals surface area contributed by atoms with Gasteiger partial charge in [0.2, 0.25) is 10.0 Å². The molecule has 0 saturated carbocycles. The minimum absolute atomic E-state index is 0.0565. The Morgan fingerprint density at radius 1 is 0.875 bits per heavy atom. The zero-order chi connectivity index (χ0) is 28.3. The van der Waals surface area contributed by atoms with E-state index in [0.717, 1.165) is 17.8 Å². The van der Waals surface area contributed by atoms with Crippen LogP contribution in [0.5, 0.6) is 0 Å². The SMILES string of the molecule is CN(C)Cc1ccc(NC(=C2C(=O)Nc3cc(F)ccc32)c2cccc(CNS(=O)(=O)c3ccccc3)c2)cc1. The molecule has 3 N–H and O–H groups in total. The standard InChI is InChI=1S/C31H29FN4O3S/c1-36(2)20-21-11-14-25(15-12-21)34-30(29-27-16-13-24(32)18-28(27)35-31(29)37)23-8-6-7-22(17-23)19-33-40(38,39)26-9-4-3-5-10-26/h3-18,33-34H,19-20H2,1-2H3,(H,35,37). The number of halogens is 1. The summed E-state index contributed by atoms with van der Waals surface area (Å²) >= 11 is 0. The maximum atomic E-state index is 13.9. The molecular weight excluding hydrogens is 527 g/mol. The van der Waals surface area contributed by atoms with Gasteiger partial charge in [0.15, 0.2) is 0 Å². The Morgan fingerprint density at radius 2 is 1.62 bits per heavy atom. The zero-order valence-electron chi connectivity index (χ0n) is 22.1. The highest BCUT2D eigenvalue weighted by Gasteiger charge is 2.29. The number of carbonyl (C=O) groups is 1. The van der Waals surface area contributed by atoms with Crippen LogP contribution in [0.25, 0.3) is 11.3 Å². The second kappa shape index (κ2) is 11.4. The summed E-state index contributed by atoms with van der Waals surface area (Å²) in [5.74, 6) is -0.804. The van der Waals surface area contributed by atoms with Gasteiger partial charge in [0.05, 0.1) is 21.9 Å². The number of hydrogen-bond donors (Lipinski definition) is 3. The van der Waals surface area contributed by atoms with Crippen molar-refractivity contribution in [3.8, 4) is 0 Å². The summed E-state index contributed by atoms with van der Waals surface area (Å²) in [5, 5.41) is 6.16. The summed E-state index contributed by atoms with van der Waals surface area (Å²) in [5.41, 5.74) is 5.15. The van der Waals surface area contributed by atoms with E-state index in [1.165, 1.54) is 24.3 Å². The van der Waals surface area contributed by atoms with E-state index in [4.69, 9.17) is 0 Å². The van der Waals surface area contributed by atoms with Crippen molar-refractivity contribution < 1.29 is 17.6 Å². The molecule has 1 aliphatic heterocycles. The normalized spacial score (nSPS) is 14.2. The summed E-state index contributed by atoms with van der Waals surface area (Å²) in [6, 6.07) is 27.6. The van der Waals surface area contributed by atoms with Crippen LogP contribution in [0.2, 0.25) is 0 Å².